The molecule has 21 heavy (non-hydrogen) atoms. The van der Waals surface area contributed by atoms with Crippen LogP contribution in [0.2, 0.25) is 5.02 Å². The van der Waals surface area contributed by atoms with Gasteiger partial charge in [0.2, 0.25) is 0 Å². The Labute approximate surface area is 135 Å². The number of hydrogen-bond acceptors (Lipinski definition) is 3. The molecule has 0 aromatic heterocycles. The van der Waals surface area contributed by atoms with Crippen molar-refractivity contribution >= 4 is 17.3 Å². The van der Waals surface area contributed by atoms with Crippen molar-refractivity contribution in [1.82, 2.24) is 10.2 Å². The fourth-order valence-electron chi connectivity index (χ4n) is 2.35. The van der Waals surface area contributed by atoms with Crippen molar-refractivity contribution in [3.05, 3.63) is 28.8 Å². The molecule has 0 amide bonds. The van der Waals surface area contributed by atoms with Gasteiger partial charge >= 0.3 is 0 Å². The van der Waals surface area contributed by atoms with Gasteiger partial charge in [0.1, 0.15) is 0 Å². The standard InChI is InChI=1S/C17H30ClN3/c1-5-10-19-14-15-8-9-17(16(18)13-15)21(6-2)12-7-11-20(3)4/h8-9,13,19H,5-7,10-12,14H2,1-4H3. The van der Waals surface area contributed by atoms with Gasteiger partial charge in [0, 0.05) is 19.6 Å². The molecule has 1 rings (SSSR count). The van der Waals surface area contributed by atoms with E-state index in [9.17, 15) is 0 Å². The number of hydrogen-bond donors (Lipinski definition) is 1. The molecule has 0 aliphatic heterocycles. The summed E-state index contributed by atoms with van der Waals surface area (Å²) in [5.41, 5.74) is 2.40. The van der Waals surface area contributed by atoms with Crippen LogP contribution in [-0.4, -0.2) is 45.2 Å². The predicted molar refractivity (Wildman–Crippen MR) is 94.5 cm³/mol. The molecule has 120 valence electrons. The zero-order valence-electron chi connectivity index (χ0n) is 14.0. The van der Waals surface area contributed by atoms with E-state index in [-0.39, 0.29) is 0 Å². The first-order valence-electron chi connectivity index (χ1n) is 7.97. The summed E-state index contributed by atoms with van der Waals surface area (Å²) in [5.74, 6) is 0. The molecular formula is C17H30ClN3. The van der Waals surface area contributed by atoms with E-state index in [4.69, 9.17) is 11.6 Å². The Balaban J connectivity index is 2.63. The average Bonchev–Trinajstić information content (AvgIpc) is 2.44. The van der Waals surface area contributed by atoms with Gasteiger partial charge < -0.3 is 15.1 Å². The number of rotatable bonds is 10. The lowest BCUT2D eigenvalue weighted by Crippen LogP contribution is -2.27. The molecule has 3 nitrogen and oxygen atoms in total. The van der Waals surface area contributed by atoms with E-state index in [2.05, 4.69) is 61.3 Å². The predicted octanol–water partition coefficient (Wildman–Crippen LogP) is 3.62. The zero-order chi connectivity index (χ0) is 15.7. The third kappa shape index (κ3) is 6.68. The molecule has 1 N–H and O–H groups in total. The normalized spacial score (nSPS) is 11.1. The van der Waals surface area contributed by atoms with Crippen LogP contribution in [0.1, 0.15) is 32.3 Å². The highest BCUT2D eigenvalue weighted by Crippen LogP contribution is 2.27. The summed E-state index contributed by atoms with van der Waals surface area (Å²) in [6, 6.07) is 6.43. The maximum absolute atomic E-state index is 6.48. The summed E-state index contributed by atoms with van der Waals surface area (Å²) < 4.78 is 0. The second-order valence-corrected chi connectivity index (χ2v) is 6.11. The van der Waals surface area contributed by atoms with Gasteiger partial charge in [-0.15, -0.1) is 0 Å². The number of nitrogens with zero attached hydrogens (tertiary/aromatic N) is 2. The van der Waals surface area contributed by atoms with Crippen LogP contribution in [0.3, 0.4) is 0 Å². The van der Waals surface area contributed by atoms with Crippen molar-refractivity contribution in [3.63, 3.8) is 0 Å². The van der Waals surface area contributed by atoms with Gasteiger partial charge in [-0.2, -0.15) is 0 Å². The van der Waals surface area contributed by atoms with Gasteiger partial charge in [-0.1, -0.05) is 24.6 Å². The number of nitrogens with one attached hydrogen (secondary N) is 1. The smallest absolute Gasteiger partial charge is 0.0642 e. The Morgan fingerprint density at radius 1 is 1.14 bits per heavy atom. The van der Waals surface area contributed by atoms with Gasteiger partial charge in [-0.05, 0) is 64.6 Å². The Morgan fingerprint density at radius 3 is 2.48 bits per heavy atom. The first kappa shape index (κ1) is 18.3. The Hall–Kier alpha value is -0.770. The van der Waals surface area contributed by atoms with Gasteiger partial charge in [0.05, 0.1) is 10.7 Å². The lowest BCUT2D eigenvalue weighted by Gasteiger charge is -2.25. The van der Waals surface area contributed by atoms with Crippen molar-refractivity contribution in [2.45, 2.75) is 33.2 Å². The number of halogens is 1. The van der Waals surface area contributed by atoms with E-state index in [1.807, 2.05) is 0 Å². The van der Waals surface area contributed by atoms with Crippen molar-refractivity contribution < 1.29 is 0 Å². The van der Waals surface area contributed by atoms with Crippen LogP contribution in [0.4, 0.5) is 5.69 Å². The molecule has 0 bridgehead atoms. The summed E-state index contributed by atoms with van der Waals surface area (Å²) in [4.78, 5) is 4.58. The molecule has 1 aromatic rings. The fourth-order valence-corrected chi connectivity index (χ4v) is 2.68. The molecule has 1 aromatic carbocycles. The second-order valence-electron chi connectivity index (χ2n) is 5.70. The minimum Gasteiger partial charge on any atom is -0.371 e. The molecule has 0 saturated carbocycles. The van der Waals surface area contributed by atoms with E-state index in [0.717, 1.165) is 56.3 Å². The molecule has 0 unspecified atom stereocenters. The highest BCUT2D eigenvalue weighted by molar-refractivity contribution is 6.33. The highest BCUT2D eigenvalue weighted by atomic mass is 35.5. The maximum atomic E-state index is 6.48. The third-order valence-electron chi connectivity index (χ3n) is 3.52. The molecule has 0 radical (unpaired) electrons. The topological polar surface area (TPSA) is 18.5 Å². The van der Waals surface area contributed by atoms with E-state index < -0.39 is 0 Å². The van der Waals surface area contributed by atoms with Crippen LogP contribution >= 0.6 is 11.6 Å². The maximum Gasteiger partial charge on any atom is 0.0642 e. The monoisotopic (exact) mass is 311 g/mol. The Kier molecular flexibility index (Phi) is 8.74. The van der Waals surface area contributed by atoms with Crippen LogP contribution in [-0.2, 0) is 6.54 Å². The van der Waals surface area contributed by atoms with Crippen molar-refractivity contribution in [2.24, 2.45) is 0 Å². The van der Waals surface area contributed by atoms with E-state index in [1.165, 1.54) is 5.56 Å². The molecule has 0 fully saturated rings. The Bertz CT molecular complexity index is 407. The molecule has 0 heterocycles. The first-order valence-corrected chi connectivity index (χ1v) is 8.35. The van der Waals surface area contributed by atoms with Gasteiger partial charge in [-0.3, -0.25) is 0 Å². The average molecular weight is 312 g/mol. The molecule has 0 spiro atoms. The molecular weight excluding hydrogens is 282 g/mol. The highest BCUT2D eigenvalue weighted by Gasteiger charge is 2.09. The van der Waals surface area contributed by atoms with Crippen molar-refractivity contribution in [1.29, 1.82) is 0 Å². The molecule has 0 saturated heterocycles. The van der Waals surface area contributed by atoms with Crippen LogP contribution < -0.4 is 10.2 Å². The van der Waals surface area contributed by atoms with Crippen molar-refractivity contribution in [2.75, 3.05) is 45.2 Å². The van der Waals surface area contributed by atoms with Crippen LogP contribution in [0, 0.1) is 0 Å². The summed E-state index contributed by atoms with van der Waals surface area (Å²) in [6.45, 7) is 9.43. The molecule has 0 aliphatic rings. The minimum atomic E-state index is 0.859. The Morgan fingerprint density at radius 2 is 1.90 bits per heavy atom. The van der Waals surface area contributed by atoms with Crippen LogP contribution in [0.25, 0.3) is 0 Å². The summed E-state index contributed by atoms with van der Waals surface area (Å²) in [6.07, 6.45) is 2.30. The summed E-state index contributed by atoms with van der Waals surface area (Å²) in [5, 5.41) is 4.27. The third-order valence-corrected chi connectivity index (χ3v) is 3.83. The summed E-state index contributed by atoms with van der Waals surface area (Å²) in [7, 11) is 4.22. The van der Waals surface area contributed by atoms with E-state index in [1.54, 1.807) is 0 Å². The zero-order valence-corrected chi connectivity index (χ0v) is 14.7. The number of benzene rings is 1. The first-order chi connectivity index (χ1) is 10.1. The largest absolute Gasteiger partial charge is 0.371 e. The molecule has 0 aliphatic carbocycles. The van der Waals surface area contributed by atoms with Gasteiger partial charge in [0.25, 0.3) is 0 Å². The van der Waals surface area contributed by atoms with Crippen molar-refractivity contribution in [3.8, 4) is 0 Å². The van der Waals surface area contributed by atoms with Crippen LogP contribution in [0.5, 0.6) is 0 Å². The lowest BCUT2D eigenvalue weighted by molar-refractivity contribution is 0.400. The SMILES string of the molecule is CCCNCc1ccc(N(CC)CCCN(C)C)c(Cl)c1. The van der Waals surface area contributed by atoms with E-state index >= 15 is 0 Å². The molecule has 0 atom stereocenters. The van der Waals surface area contributed by atoms with E-state index in [0.29, 0.717) is 0 Å². The van der Waals surface area contributed by atoms with Gasteiger partial charge in [-0.25, -0.2) is 0 Å². The summed E-state index contributed by atoms with van der Waals surface area (Å²) >= 11 is 6.48. The quantitative estimate of drug-likeness (QED) is 0.666. The fraction of sp³-hybridized carbons (Fsp3) is 0.647. The van der Waals surface area contributed by atoms with Crippen LogP contribution in [0.15, 0.2) is 18.2 Å². The minimum absolute atomic E-state index is 0.859. The number of anilines is 1. The lowest BCUT2D eigenvalue weighted by atomic mass is 10.2. The van der Waals surface area contributed by atoms with Gasteiger partial charge in [0.15, 0.2) is 0 Å². The molecule has 4 heteroatoms. The second kappa shape index (κ2) is 10.0.